The Hall–Kier alpha value is -2.97. The molecule has 2 aromatic heterocycles. The van der Waals surface area contributed by atoms with Crippen molar-refractivity contribution in [1.29, 1.82) is 0 Å². The number of nitrogens with two attached hydrogens (primary N) is 1. The Morgan fingerprint density at radius 1 is 1.59 bits per heavy atom. The van der Waals surface area contributed by atoms with Crippen LogP contribution in [0.4, 0.5) is 8.78 Å². The summed E-state index contributed by atoms with van der Waals surface area (Å²) in [5.74, 6) is 0.655. The Morgan fingerprint density at radius 3 is 3.07 bits per heavy atom. The SMILES string of the molecule is CC(Oc1cc(C(C=NCC(F)F)=CN)cn2nccc12)C1CNC(=O)C1. The fourth-order valence-corrected chi connectivity index (χ4v) is 2.95. The molecule has 0 aromatic carbocycles. The fraction of sp³-hybridized carbons (Fsp3) is 0.389. The highest BCUT2D eigenvalue weighted by molar-refractivity contribution is 6.09. The molecule has 144 valence electrons. The summed E-state index contributed by atoms with van der Waals surface area (Å²) < 4.78 is 32.4. The number of allylic oxidation sites excluding steroid dienone is 1. The maximum Gasteiger partial charge on any atom is 0.257 e. The van der Waals surface area contributed by atoms with Crippen molar-refractivity contribution in [3.8, 4) is 5.75 Å². The van der Waals surface area contributed by atoms with Gasteiger partial charge in [0.25, 0.3) is 6.43 Å². The molecule has 2 aromatic rings. The number of aliphatic imine (C=N–C) groups is 1. The molecular weight excluding hydrogens is 356 g/mol. The Balaban J connectivity index is 1.87. The van der Waals surface area contributed by atoms with E-state index >= 15 is 0 Å². The quantitative estimate of drug-likeness (QED) is 0.721. The summed E-state index contributed by atoms with van der Waals surface area (Å²) in [6.45, 7) is 1.89. The molecule has 1 saturated heterocycles. The van der Waals surface area contributed by atoms with Crippen molar-refractivity contribution in [2.75, 3.05) is 13.1 Å². The summed E-state index contributed by atoms with van der Waals surface area (Å²) in [6, 6.07) is 3.57. The average molecular weight is 377 g/mol. The summed E-state index contributed by atoms with van der Waals surface area (Å²) in [6.07, 6.45) is 3.67. The van der Waals surface area contributed by atoms with E-state index in [4.69, 9.17) is 10.5 Å². The molecule has 27 heavy (non-hydrogen) atoms. The van der Waals surface area contributed by atoms with Crippen LogP contribution in [0, 0.1) is 5.92 Å². The molecule has 0 bridgehead atoms. The van der Waals surface area contributed by atoms with Gasteiger partial charge in [0.1, 0.15) is 17.4 Å². The second-order valence-corrected chi connectivity index (χ2v) is 6.35. The first-order valence-electron chi connectivity index (χ1n) is 8.59. The van der Waals surface area contributed by atoms with Gasteiger partial charge in [0.05, 0.1) is 12.7 Å². The lowest BCUT2D eigenvalue weighted by Crippen LogP contribution is -2.25. The first-order valence-corrected chi connectivity index (χ1v) is 8.59. The van der Waals surface area contributed by atoms with Gasteiger partial charge >= 0.3 is 0 Å². The molecule has 7 nitrogen and oxygen atoms in total. The average Bonchev–Trinajstić information content (AvgIpc) is 3.27. The minimum Gasteiger partial charge on any atom is -0.488 e. The van der Waals surface area contributed by atoms with Crippen molar-refractivity contribution in [1.82, 2.24) is 14.9 Å². The third-order valence-electron chi connectivity index (χ3n) is 4.44. The van der Waals surface area contributed by atoms with Gasteiger partial charge in [-0.2, -0.15) is 5.10 Å². The van der Waals surface area contributed by atoms with Gasteiger partial charge in [0.2, 0.25) is 5.91 Å². The van der Waals surface area contributed by atoms with Gasteiger partial charge in [0, 0.05) is 48.6 Å². The van der Waals surface area contributed by atoms with Crippen LogP contribution < -0.4 is 15.8 Å². The molecule has 0 saturated carbocycles. The number of fused-ring (bicyclic) bond motifs is 1. The number of carbonyl (C=O) groups is 1. The molecule has 3 rings (SSSR count). The second-order valence-electron chi connectivity index (χ2n) is 6.35. The van der Waals surface area contributed by atoms with E-state index in [2.05, 4.69) is 15.4 Å². The molecule has 0 radical (unpaired) electrons. The maximum absolute atomic E-state index is 12.3. The van der Waals surface area contributed by atoms with Crippen LogP contribution in [0.25, 0.3) is 11.1 Å². The van der Waals surface area contributed by atoms with Crippen LogP contribution in [0.3, 0.4) is 0 Å². The van der Waals surface area contributed by atoms with Crippen molar-refractivity contribution in [2.24, 2.45) is 16.6 Å². The number of nitrogens with zero attached hydrogens (tertiary/aromatic N) is 3. The number of hydrogen-bond donors (Lipinski definition) is 2. The molecule has 2 unspecified atom stereocenters. The molecule has 1 aliphatic rings. The van der Waals surface area contributed by atoms with Gasteiger partial charge in [-0.1, -0.05) is 0 Å². The maximum atomic E-state index is 12.3. The zero-order chi connectivity index (χ0) is 19.4. The summed E-state index contributed by atoms with van der Waals surface area (Å²) in [7, 11) is 0. The van der Waals surface area contributed by atoms with Crippen LogP contribution in [0.1, 0.15) is 18.9 Å². The second kappa shape index (κ2) is 8.15. The highest BCUT2D eigenvalue weighted by Gasteiger charge is 2.28. The highest BCUT2D eigenvalue weighted by Crippen LogP contribution is 2.28. The van der Waals surface area contributed by atoms with Crippen molar-refractivity contribution in [3.63, 3.8) is 0 Å². The zero-order valence-corrected chi connectivity index (χ0v) is 14.8. The lowest BCUT2D eigenvalue weighted by atomic mass is 10.0. The normalized spacial score (nSPS) is 19.2. The molecule has 3 N–H and O–H groups in total. The molecule has 2 atom stereocenters. The van der Waals surface area contributed by atoms with Gasteiger partial charge < -0.3 is 15.8 Å². The Bertz CT molecular complexity index is 878. The summed E-state index contributed by atoms with van der Waals surface area (Å²) in [5, 5.41) is 7.02. The number of hydrogen-bond acceptors (Lipinski definition) is 5. The molecule has 1 aliphatic heterocycles. The van der Waals surface area contributed by atoms with Crippen LogP contribution in [-0.4, -0.2) is 47.4 Å². The third kappa shape index (κ3) is 4.42. The number of ether oxygens (including phenoxy) is 1. The van der Waals surface area contributed by atoms with E-state index < -0.39 is 13.0 Å². The monoisotopic (exact) mass is 377 g/mol. The molecule has 0 aliphatic carbocycles. The van der Waals surface area contributed by atoms with Gasteiger partial charge in [-0.25, -0.2) is 13.3 Å². The van der Waals surface area contributed by atoms with Crippen molar-refractivity contribution >= 4 is 23.2 Å². The number of alkyl halides is 2. The number of rotatable bonds is 7. The van der Waals surface area contributed by atoms with Gasteiger partial charge in [-0.3, -0.25) is 9.79 Å². The molecule has 1 fully saturated rings. The van der Waals surface area contributed by atoms with E-state index in [1.54, 1.807) is 29.0 Å². The van der Waals surface area contributed by atoms with Crippen molar-refractivity contribution < 1.29 is 18.3 Å². The first-order chi connectivity index (χ1) is 13.0. The van der Waals surface area contributed by atoms with Crippen LogP contribution in [0.2, 0.25) is 0 Å². The Kier molecular flexibility index (Phi) is 5.68. The van der Waals surface area contributed by atoms with E-state index in [1.165, 1.54) is 12.4 Å². The van der Waals surface area contributed by atoms with Crippen LogP contribution in [0.5, 0.6) is 5.75 Å². The summed E-state index contributed by atoms with van der Waals surface area (Å²) >= 11 is 0. The van der Waals surface area contributed by atoms with E-state index in [0.717, 1.165) is 5.52 Å². The van der Waals surface area contributed by atoms with Gasteiger partial charge in [0.15, 0.2) is 0 Å². The van der Waals surface area contributed by atoms with Gasteiger partial charge in [-0.15, -0.1) is 0 Å². The van der Waals surface area contributed by atoms with Crippen LogP contribution in [0.15, 0.2) is 35.7 Å². The predicted octanol–water partition coefficient (Wildman–Crippen LogP) is 1.87. The van der Waals surface area contributed by atoms with Gasteiger partial charge in [-0.05, 0) is 19.1 Å². The van der Waals surface area contributed by atoms with E-state index in [1.807, 2.05) is 6.92 Å². The predicted molar refractivity (Wildman–Crippen MR) is 97.9 cm³/mol. The third-order valence-corrected chi connectivity index (χ3v) is 4.44. The topological polar surface area (TPSA) is 94.0 Å². The first kappa shape index (κ1) is 18.8. The molecule has 1 amide bonds. The lowest BCUT2D eigenvalue weighted by Gasteiger charge is -2.20. The van der Waals surface area contributed by atoms with Crippen LogP contribution >= 0.6 is 0 Å². The van der Waals surface area contributed by atoms with Crippen molar-refractivity contribution in [3.05, 3.63) is 36.3 Å². The number of carbonyl (C=O) groups excluding carboxylic acids is 1. The molecular formula is C18H21F2N5O2. The lowest BCUT2D eigenvalue weighted by molar-refractivity contribution is -0.119. The smallest absolute Gasteiger partial charge is 0.257 e. The van der Waals surface area contributed by atoms with E-state index in [9.17, 15) is 13.6 Å². The largest absolute Gasteiger partial charge is 0.488 e. The van der Waals surface area contributed by atoms with Crippen LogP contribution in [-0.2, 0) is 4.79 Å². The Morgan fingerprint density at radius 2 is 2.41 bits per heavy atom. The summed E-state index contributed by atoms with van der Waals surface area (Å²) in [5.41, 5.74) is 7.51. The number of amides is 1. The van der Waals surface area contributed by atoms with E-state index in [0.29, 0.717) is 29.9 Å². The number of halogens is 2. The highest BCUT2D eigenvalue weighted by atomic mass is 19.3. The Labute approximate surface area is 154 Å². The fourth-order valence-electron chi connectivity index (χ4n) is 2.95. The molecule has 0 spiro atoms. The number of aromatic nitrogens is 2. The standard InChI is InChI=1S/C18H21F2N5O2/c1-11(12-5-18(26)23-8-12)27-16-4-13(10-25-15(16)2-3-24-25)14(6-21)7-22-9-17(19)20/h2-4,6-7,10-12,17H,5,8-9,21H2,1H3,(H,23,26). The van der Waals surface area contributed by atoms with Crippen molar-refractivity contribution in [2.45, 2.75) is 25.9 Å². The molecule has 9 heteroatoms. The minimum absolute atomic E-state index is 0.0160. The summed E-state index contributed by atoms with van der Waals surface area (Å²) in [4.78, 5) is 15.2. The number of nitrogens with one attached hydrogen (secondary N) is 1. The molecule has 3 heterocycles. The minimum atomic E-state index is -2.52. The number of pyridine rings is 1. The zero-order valence-electron chi connectivity index (χ0n) is 14.8. The van der Waals surface area contributed by atoms with E-state index in [-0.39, 0.29) is 17.9 Å².